The predicted molar refractivity (Wildman–Crippen MR) is 93.0 cm³/mol. The van der Waals surface area contributed by atoms with Crippen molar-refractivity contribution >= 4 is 34.5 Å². The van der Waals surface area contributed by atoms with Crippen LogP contribution in [0.4, 0.5) is 5.95 Å². The molecular weight excluding hydrogens is 312 g/mol. The summed E-state index contributed by atoms with van der Waals surface area (Å²) in [6, 6.07) is 14.9. The first-order valence-corrected chi connectivity index (χ1v) is 7.83. The van der Waals surface area contributed by atoms with Crippen LogP contribution in [0.2, 0.25) is 5.02 Å². The van der Waals surface area contributed by atoms with Gasteiger partial charge in [-0.1, -0.05) is 35.9 Å². The number of H-pyrrole nitrogens is 1. The number of hydrogen-bond donors (Lipinski definition) is 3. The largest absolute Gasteiger partial charge is 0.356 e. The molecule has 3 aromatic rings. The SMILES string of the molecule is O=C(NCCCNc1nc2ccccc2[nH]1)c1ccccc1Cl. The summed E-state index contributed by atoms with van der Waals surface area (Å²) in [5.41, 5.74) is 2.43. The number of carbonyl (C=O) groups excluding carboxylic acids is 1. The fraction of sp³-hybridized carbons (Fsp3) is 0.176. The second-order valence-corrected chi connectivity index (χ2v) is 5.53. The fourth-order valence-corrected chi connectivity index (χ4v) is 2.50. The third-order valence-corrected chi connectivity index (χ3v) is 3.77. The van der Waals surface area contributed by atoms with Gasteiger partial charge in [0, 0.05) is 13.1 Å². The van der Waals surface area contributed by atoms with Crippen LogP contribution in [-0.2, 0) is 0 Å². The van der Waals surface area contributed by atoms with Crippen molar-refractivity contribution in [2.24, 2.45) is 0 Å². The molecule has 0 bridgehead atoms. The quantitative estimate of drug-likeness (QED) is 0.607. The van der Waals surface area contributed by atoms with Gasteiger partial charge in [0.1, 0.15) is 0 Å². The number of rotatable bonds is 6. The molecule has 3 rings (SSSR count). The van der Waals surface area contributed by atoms with Crippen molar-refractivity contribution in [3.8, 4) is 0 Å². The Labute approximate surface area is 139 Å². The van der Waals surface area contributed by atoms with Crippen LogP contribution < -0.4 is 10.6 Å². The Morgan fingerprint density at radius 3 is 2.70 bits per heavy atom. The topological polar surface area (TPSA) is 69.8 Å². The highest BCUT2D eigenvalue weighted by Gasteiger charge is 2.08. The third-order valence-electron chi connectivity index (χ3n) is 3.44. The number of aromatic amines is 1. The number of amides is 1. The fourth-order valence-electron chi connectivity index (χ4n) is 2.27. The van der Waals surface area contributed by atoms with Crippen LogP contribution in [0.5, 0.6) is 0 Å². The monoisotopic (exact) mass is 328 g/mol. The summed E-state index contributed by atoms with van der Waals surface area (Å²) < 4.78 is 0. The maximum atomic E-state index is 12.0. The molecule has 118 valence electrons. The van der Waals surface area contributed by atoms with Gasteiger partial charge in [0.25, 0.3) is 5.91 Å². The molecule has 5 nitrogen and oxygen atoms in total. The molecule has 6 heteroatoms. The summed E-state index contributed by atoms with van der Waals surface area (Å²) in [6.07, 6.45) is 0.785. The summed E-state index contributed by atoms with van der Waals surface area (Å²) in [4.78, 5) is 19.6. The average molecular weight is 329 g/mol. The average Bonchev–Trinajstić information content (AvgIpc) is 2.97. The van der Waals surface area contributed by atoms with E-state index >= 15 is 0 Å². The molecule has 0 aliphatic rings. The molecule has 23 heavy (non-hydrogen) atoms. The van der Waals surface area contributed by atoms with Crippen molar-refractivity contribution in [2.45, 2.75) is 6.42 Å². The van der Waals surface area contributed by atoms with E-state index in [1.165, 1.54) is 0 Å². The number of carbonyl (C=O) groups is 1. The number of anilines is 1. The summed E-state index contributed by atoms with van der Waals surface area (Å²) >= 11 is 5.99. The van der Waals surface area contributed by atoms with Gasteiger partial charge in [0.15, 0.2) is 0 Å². The van der Waals surface area contributed by atoms with E-state index in [0.717, 1.165) is 23.4 Å². The minimum atomic E-state index is -0.153. The summed E-state index contributed by atoms with van der Waals surface area (Å²) in [5.74, 6) is 0.586. The van der Waals surface area contributed by atoms with Gasteiger partial charge in [-0.3, -0.25) is 4.79 Å². The zero-order chi connectivity index (χ0) is 16.1. The lowest BCUT2D eigenvalue weighted by Gasteiger charge is -2.07. The number of nitrogens with one attached hydrogen (secondary N) is 3. The molecule has 1 heterocycles. The smallest absolute Gasteiger partial charge is 0.252 e. The lowest BCUT2D eigenvalue weighted by Crippen LogP contribution is -2.26. The van der Waals surface area contributed by atoms with Crippen molar-refractivity contribution in [3.63, 3.8) is 0 Å². The predicted octanol–water partition coefficient (Wildman–Crippen LogP) is 3.45. The van der Waals surface area contributed by atoms with E-state index in [4.69, 9.17) is 11.6 Å². The molecule has 1 amide bonds. The number of imidazole rings is 1. The van der Waals surface area contributed by atoms with Crippen LogP contribution in [0.25, 0.3) is 11.0 Å². The van der Waals surface area contributed by atoms with Crippen LogP contribution in [0.15, 0.2) is 48.5 Å². The number of aromatic nitrogens is 2. The van der Waals surface area contributed by atoms with Gasteiger partial charge in [-0.15, -0.1) is 0 Å². The number of nitrogens with zero attached hydrogens (tertiary/aromatic N) is 1. The molecule has 0 fully saturated rings. The third kappa shape index (κ3) is 3.81. The Hall–Kier alpha value is -2.53. The highest BCUT2D eigenvalue weighted by Crippen LogP contribution is 2.14. The molecule has 3 N–H and O–H groups in total. The van der Waals surface area contributed by atoms with Crippen molar-refractivity contribution in [1.82, 2.24) is 15.3 Å². The molecule has 0 spiro atoms. The summed E-state index contributed by atoms with van der Waals surface area (Å²) in [6.45, 7) is 1.28. The van der Waals surface area contributed by atoms with E-state index in [-0.39, 0.29) is 5.91 Å². The first-order valence-electron chi connectivity index (χ1n) is 7.45. The van der Waals surface area contributed by atoms with Crippen molar-refractivity contribution in [2.75, 3.05) is 18.4 Å². The van der Waals surface area contributed by atoms with Crippen LogP contribution in [0.3, 0.4) is 0 Å². The van der Waals surface area contributed by atoms with Crippen LogP contribution in [0, 0.1) is 0 Å². The summed E-state index contributed by atoms with van der Waals surface area (Å²) in [5, 5.41) is 6.54. The Morgan fingerprint density at radius 2 is 1.87 bits per heavy atom. The molecule has 0 unspecified atom stereocenters. The Balaban J connectivity index is 1.43. The molecule has 0 aliphatic heterocycles. The van der Waals surface area contributed by atoms with E-state index in [1.54, 1.807) is 24.3 Å². The Morgan fingerprint density at radius 1 is 1.09 bits per heavy atom. The highest BCUT2D eigenvalue weighted by atomic mass is 35.5. The molecule has 0 aliphatic carbocycles. The van der Waals surface area contributed by atoms with E-state index < -0.39 is 0 Å². The molecule has 0 saturated heterocycles. The van der Waals surface area contributed by atoms with Crippen LogP contribution in [-0.4, -0.2) is 29.0 Å². The van der Waals surface area contributed by atoms with E-state index in [9.17, 15) is 4.79 Å². The molecule has 1 aromatic heterocycles. The molecule has 0 radical (unpaired) electrons. The molecular formula is C17H17ClN4O. The van der Waals surface area contributed by atoms with Gasteiger partial charge in [-0.05, 0) is 30.7 Å². The first-order chi connectivity index (χ1) is 11.2. The lowest BCUT2D eigenvalue weighted by molar-refractivity contribution is 0.0953. The minimum Gasteiger partial charge on any atom is -0.356 e. The van der Waals surface area contributed by atoms with Crippen LogP contribution >= 0.6 is 11.6 Å². The second-order valence-electron chi connectivity index (χ2n) is 5.12. The van der Waals surface area contributed by atoms with Crippen molar-refractivity contribution < 1.29 is 4.79 Å². The molecule has 2 aromatic carbocycles. The highest BCUT2D eigenvalue weighted by molar-refractivity contribution is 6.33. The van der Waals surface area contributed by atoms with Gasteiger partial charge in [-0.25, -0.2) is 4.98 Å². The molecule has 0 saturated carbocycles. The van der Waals surface area contributed by atoms with Crippen molar-refractivity contribution in [1.29, 1.82) is 0 Å². The maximum absolute atomic E-state index is 12.0. The minimum absolute atomic E-state index is 0.153. The number of fused-ring (bicyclic) bond motifs is 1. The van der Waals surface area contributed by atoms with E-state index in [0.29, 0.717) is 23.7 Å². The van der Waals surface area contributed by atoms with E-state index in [2.05, 4.69) is 20.6 Å². The van der Waals surface area contributed by atoms with E-state index in [1.807, 2.05) is 24.3 Å². The van der Waals surface area contributed by atoms with Gasteiger partial charge < -0.3 is 15.6 Å². The van der Waals surface area contributed by atoms with Gasteiger partial charge in [0.2, 0.25) is 5.95 Å². The number of benzene rings is 2. The first kappa shape index (κ1) is 15.4. The zero-order valence-electron chi connectivity index (χ0n) is 12.5. The number of para-hydroxylation sites is 2. The lowest BCUT2D eigenvalue weighted by atomic mass is 10.2. The van der Waals surface area contributed by atoms with Gasteiger partial charge >= 0.3 is 0 Å². The standard InChI is InChI=1S/C17H17ClN4O/c18-13-7-2-1-6-12(13)16(23)19-10-5-11-20-17-21-14-8-3-4-9-15(14)22-17/h1-4,6-9H,5,10-11H2,(H,19,23)(H2,20,21,22). The maximum Gasteiger partial charge on any atom is 0.252 e. The van der Waals surface area contributed by atoms with Crippen molar-refractivity contribution in [3.05, 3.63) is 59.1 Å². The Bertz CT molecular complexity index is 782. The normalized spacial score (nSPS) is 10.7. The van der Waals surface area contributed by atoms with Gasteiger partial charge in [-0.2, -0.15) is 0 Å². The zero-order valence-corrected chi connectivity index (χ0v) is 13.2. The number of halogens is 1. The summed E-state index contributed by atoms with van der Waals surface area (Å²) in [7, 11) is 0. The molecule has 0 atom stereocenters. The Kier molecular flexibility index (Phi) is 4.78. The van der Waals surface area contributed by atoms with Crippen LogP contribution in [0.1, 0.15) is 16.8 Å². The van der Waals surface area contributed by atoms with Gasteiger partial charge in [0.05, 0.1) is 21.6 Å². The number of hydrogen-bond acceptors (Lipinski definition) is 3. The second kappa shape index (κ2) is 7.15.